The van der Waals surface area contributed by atoms with Crippen LogP contribution in [0.25, 0.3) is 0 Å². The lowest BCUT2D eigenvalue weighted by molar-refractivity contribution is -0.137. The topological polar surface area (TPSA) is 85.2 Å². The summed E-state index contributed by atoms with van der Waals surface area (Å²) in [5.74, 6) is -1.17. The van der Waals surface area contributed by atoms with Crippen molar-refractivity contribution in [3.05, 3.63) is 41.6 Å². The molecule has 1 aromatic heterocycles. The normalized spacial score (nSPS) is 11.1. The van der Waals surface area contributed by atoms with Gasteiger partial charge in [0, 0.05) is 18.9 Å². The lowest BCUT2D eigenvalue weighted by Crippen LogP contribution is -2.32. The highest BCUT2D eigenvalue weighted by Gasteiger charge is 2.30. The molecule has 0 aliphatic heterocycles. The molecule has 0 radical (unpaired) electrons. The van der Waals surface area contributed by atoms with Crippen LogP contribution in [0, 0.1) is 0 Å². The van der Waals surface area contributed by atoms with E-state index < -0.39 is 30.1 Å². The number of alkyl halides is 3. The van der Waals surface area contributed by atoms with Gasteiger partial charge in [-0.1, -0.05) is 6.07 Å². The molecular weight excluding hydrogens is 341 g/mol. The van der Waals surface area contributed by atoms with Crippen LogP contribution < -0.4 is 15.4 Å². The molecule has 1 aromatic carbocycles. The fourth-order valence-corrected chi connectivity index (χ4v) is 2.01. The maximum absolute atomic E-state index is 12.6. The number of amides is 2. The van der Waals surface area contributed by atoms with Gasteiger partial charge in [-0.05, 0) is 18.2 Å². The molecule has 2 aromatic rings. The molecule has 2 N–H and O–H groups in total. The number of carbonyl (C=O) groups is 2. The van der Waals surface area contributed by atoms with E-state index in [1.54, 1.807) is 7.05 Å². The average molecular weight is 356 g/mol. The van der Waals surface area contributed by atoms with Crippen molar-refractivity contribution >= 4 is 17.5 Å². The Kier molecular flexibility index (Phi) is 5.30. The number of anilines is 1. The van der Waals surface area contributed by atoms with Crippen molar-refractivity contribution in [2.45, 2.75) is 6.18 Å². The molecule has 134 valence electrons. The lowest BCUT2D eigenvalue weighted by Gasteiger charge is -2.10. The highest BCUT2D eigenvalue weighted by atomic mass is 19.4. The number of methoxy groups -OCH3 is 1. The maximum Gasteiger partial charge on any atom is 0.416 e. The van der Waals surface area contributed by atoms with Gasteiger partial charge in [-0.25, -0.2) is 0 Å². The van der Waals surface area contributed by atoms with Crippen molar-refractivity contribution in [3.63, 3.8) is 0 Å². The molecule has 0 bridgehead atoms. The van der Waals surface area contributed by atoms with Crippen LogP contribution in [-0.4, -0.2) is 35.2 Å². The monoisotopic (exact) mass is 356 g/mol. The summed E-state index contributed by atoms with van der Waals surface area (Å²) in [6.07, 6.45) is -3.09. The molecule has 2 amide bonds. The van der Waals surface area contributed by atoms with Crippen LogP contribution in [0.5, 0.6) is 5.88 Å². The van der Waals surface area contributed by atoms with Crippen molar-refractivity contribution in [2.75, 3.05) is 19.0 Å². The van der Waals surface area contributed by atoms with E-state index in [9.17, 15) is 22.8 Å². The van der Waals surface area contributed by atoms with E-state index in [4.69, 9.17) is 4.74 Å². The molecule has 0 saturated carbocycles. The van der Waals surface area contributed by atoms with Gasteiger partial charge in [-0.15, -0.1) is 5.10 Å². The van der Waals surface area contributed by atoms with Crippen molar-refractivity contribution in [1.29, 1.82) is 0 Å². The van der Waals surface area contributed by atoms with Gasteiger partial charge in [0.2, 0.25) is 11.8 Å². The van der Waals surface area contributed by atoms with Crippen LogP contribution >= 0.6 is 0 Å². The number of ether oxygens (including phenoxy) is 1. The number of hydrogen-bond acceptors (Lipinski definition) is 4. The van der Waals surface area contributed by atoms with Crippen molar-refractivity contribution in [2.24, 2.45) is 7.05 Å². The summed E-state index contributed by atoms with van der Waals surface area (Å²) in [5, 5.41) is 8.54. The number of nitrogens with zero attached hydrogens (tertiary/aromatic N) is 2. The number of aryl methyl sites for hydroxylation is 1. The first-order valence-corrected chi connectivity index (χ1v) is 7.03. The Balaban J connectivity index is 1.96. The van der Waals surface area contributed by atoms with E-state index in [2.05, 4.69) is 15.7 Å². The van der Waals surface area contributed by atoms with E-state index in [0.717, 1.165) is 12.1 Å². The minimum absolute atomic E-state index is 0.0203. The van der Waals surface area contributed by atoms with E-state index >= 15 is 0 Å². The molecule has 0 aliphatic rings. The Morgan fingerprint density at radius 1 is 1.32 bits per heavy atom. The maximum atomic E-state index is 12.6. The van der Waals surface area contributed by atoms with Gasteiger partial charge in [-0.2, -0.15) is 13.2 Å². The number of hydrogen-bond donors (Lipinski definition) is 2. The largest absolute Gasteiger partial charge is 0.479 e. The highest BCUT2D eigenvalue weighted by molar-refractivity contribution is 6.00. The van der Waals surface area contributed by atoms with E-state index in [-0.39, 0.29) is 17.1 Å². The Labute approximate surface area is 140 Å². The van der Waals surface area contributed by atoms with Crippen LogP contribution in [-0.2, 0) is 18.0 Å². The first-order valence-electron chi connectivity index (χ1n) is 7.03. The molecule has 7 nitrogen and oxygen atoms in total. The summed E-state index contributed by atoms with van der Waals surface area (Å²) in [6.45, 7) is -0.423. The number of rotatable bonds is 5. The zero-order valence-electron chi connectivity index (χ0n) is 13.3. The second-order valence-electron chi connectivity index (χ2n) is 5.04. The van der Waals surface area contributed by atoms with Crippen molar-refractivity contribution in [3.8, 4) is 5.88 Å². The van der Waals surface area contributed by atoms with Gasteiger partial charge >= 0.3 is 6.18 Å². The fourth-order valence-electron chi connectivity index (χ4n) is 2.01. The quantitative estimate of drug-likeness (QED) is 0.856. The molecule has 0 fully saturated rings. The molecule has 0 saturated heterocycles. The smallest absolute Gasteiger partial charge is 0.416 e. The third-order valence-electron chi connectivity index (χ3n) is 3.12. The highest BCUT2D eigenvalue weighted by Crippen LogP contribution is 2.30. The van der Waals surface area contributed by atoms with Crippen LogP contribution in [0.3, 0.4) is 0 Å². The van der Waals surface area contributed by atoms with Gasteiger partial charge in [0.15, 0.2) is 0 Å². The number of halogens is 3. The number of nitrogens with one attached hydrogen (secondary N) is 2. The zero-order chi connectivity index (χ0) is 18.6. The first kappa shape index (κ1) is 18.3. The molecule has 0 aliphatic carbocycles. The summed E-state index contributed by atoms with van der Waals surface area (Å²) >= 11 is 0. The zero-order valence-corrected chi connectivity index (χ0v) is 13.3. The predicted molar refractivity (Wildman–Crippen MR) is 82.2 cm³/mol. The van der Waals surface area contributed by atoms with Gasteiger partial charge in [0.05, 0.1) is 19.2 Å². The Morgan fingerprint density at radius 3 is 2.68 bits per heavy atom. The summed E-state index contributed by atoms with van der Waals surface area (Å²) in [6, 6.07) is 4.20. The molecule has 0 atom stereocenters. The molecule has 0 spiro atoms. The van der Waals surface area contributed by atoms with E-state index in [0.29, 0.717) is 0 Å². The fraction of sp³-hybridized carbons (Fsp3) is 0.267. The minimum Gasteiger partial charge on any atom is -0.479 e. The van der Waals surface area contributed by atoms with Gasteiger partial charge < -0.3 is 15.4 Å². The SMILES string of the molecule is COc1nn(C)cc1C(=O)NCC(=O)Nc1cccc(C(F)(F)F)c1. The van der Waals surface area contributed by atoms with Gasteiger partial charge in [-0.3, -0.25) is 14.3 Å². The van der Waals surface area contributed by atoms with Crippen molar-refractivity contribution < 1.29 is 27.5 Å². The number of carbonyl (C=O) groups excluding carboxylic acids is 2. The molecule has 1 heterocycles. The van der Waals surface area contributed by atoms with E-state index in [1.165, 1.54) is 30.1 Å². The van der Waals surface area contributed by atoms with Crippen LogP contribution in [0.1, 0.15) is 15.9 Å². The lowest BCUT2D eigenvalue weighted by atomic mass is 10.2. The molecule has 2 rings (SSSR count). The Bertz CT molecular complexity index is 787. The third kappa shape index (κ3) is 4.72. The Hall–Kier alpha value is -3.04. The molecule has 0 unspecified atom stereocenters. The second-order valence-corrected chi connectivity index (χ2v) is 5.04. The number of aromatic nitrogens is 2. The summed E-state index contributed by atoms with van der Waals surface area (Å²) < 4.78 is 44.2. The Morgan fingerprint density at radius 2 is 2.04 bits per heavy atom. The van der Waals surface area contributed by atoms with Crippen LogP contribution in [0.4, 0.5) is 18.9 Å². The van der Waals surface area contributed by atoms with Gasteiger partial charge in [0.1, 0.15) is 5.56 Å². The van der Waals surface area contributed by atoms with E-state index in [1.807, 2.05) is 0 Å². The summed E-state index contributed by atoms with van der Waals surface area (Å²) in [5.41, 5.74) is -0.765. The van der Waals surface area contributed by atoms with Gasteiger partial charge in [0.25, 0.3) is 5.91 Å². The van der Waals surface area contributed by atoms with Crippen LogP contribution in [0.2, 0.25) is 0 Å². The molecule has 10 heteroatoms. The van der Waals surface area contributed by atoms with Crippen molar-refractivity contribution in [1.82, 2.24) is 15.1 Å². The molecule has 25 heavy (non-hydrogen) atoms. The first-order chi connectivity index (χ1) is 11.7. The summed E-state index contributed by atoms with van der Waals surface area (Å²) in [4.78, 5) is 23.8. The third-order valence-corrected chi connectivity index (χ3v) is 3.12. The average Bonchev–Trinajstić information content (AvgIpc) is 2.93. The molecular formula is C15H15F3N4O3. The second kappa shape index (κ2) is 7.24. The summed E-state index contributed by atoms with van der Waals surface area (Å²) in [7, 11) is 2.94. The number of benzene rings is 1. The minimum atomic E-state index is -4.51. The van der Waals surface area contributed by atoms with Crippen LogP contribution in [0.15, 0.2) is 30.5 Å². The standard InChI is InChI=1S/C15H15F3N4O3/c1-22-8-11(14(21-22)25-2)13(24)19-7-12(23)20-10-5-3-4-9(6-10)15(16,17)18/h3-6,8H,7H2,1-2H3,(H,19,24)(H,20,23). The predicted octanol–water partition coefficient (Wildman–Crippen LogP) is 1.82.